The predicted molar refractivity (Wildman–Crippen MR) is 180 cm³/mol. The first kappa shape index (κ1) is 29.5. The van der Waals surface area contributed by atoms with Crippen molar-refractivity contribution in [1.29, 1.82) is 0 Å². The molecule has 0 radical (unpaired) electrons. The molecule has 46 heavy (non-hydrogen) atoms. The minimum absolute atomic E-state index is 0.0576. The van der Waals surface area contributed by atoms with Crippen LogP contribution in [0.15, 0.2) is 122 Å². The van der Waals surface area contributed by atoms with E-state index in [1.807, 2.05) is 54.2 Å². The van der Waals surface area contributed by atoms with Gasteiger partial charge in [-0.25, -0.2) is 4.98 Å². The number of fused-ring (bicyclic) bond motifs is 3. The number of aromatic nitrogens is 3. The first-order chi connectivity index (χ1) is 22.5. The number of aryl methyl sites for hydroxylation is 1. The number of rotatable bonds is 8. The normalized spacial score (nSPS) is 15.5. The summed E-state index contributed by atoms with van der Waals surface area (Å²) in [4.78, 5) is 32.1. The second kappa shape index (κ2) is 11.9. The zero-order valence-electron chi connectivity index (χ0n) is 26.4. The van der Waals surface area contributed by atoms with Crippen molar-refractivity contribution in [3.05, 3.63) is 161 Å². The number of hydrogen-bond donors (Lipinski definition) is 0. The van der Waals surface area contributed by atoms with E-state index < -0.39 is 23.5 Å². The fraction of sp³-hybridized carbons (Fsp3) is 0.225. The monoisotopic (exact) mass is 607 g/mol. The molecule has 2 atom stereocenters. The topological polar surface area (TPSA) is 66.1 Å². The number of hydrogen-bond acceptors (Lipinski definition) is 4. The molecule has 0 amide bonds. The Bertz CT molecular complexity index is 1930. The average Bonchev–Trinajstić information content (AvgIpc) is 3.64. The molecule has 0 aliphatic carbocycles. The van der Waals surface area contributed by atoms with Gasteiger partial charge >= 0.3 is 5.97 Å². The van der Waals surface area contributed by atoms with Crippen molar-refractivity contribution in [1.82, 2.24) is 14.1 Å². The lowest BCUT2D eigenvalue weighted by molar-refractivity contribution is -0.149. The second-order valence-electron chi connectivity index (χ2n) is 12.0. The first-order valence-electron chi connectivity index (χ1n) is 16.0. The average molecular weight is 608 g/mol. The van der Waals surface area contributed by atoms with Gasteiger partial charge in [-0.15, -0.1) is 0 Å². The first-order valence-corrected chi connectivity index (χ1v) is 16.0. The van der Waals surface area contributed by atoms with Crippen LogP contribution >= 0.6 is 0 Å². The van der Waals surface area contributed by atoms with E-state index in [0.29, 0.717) is 18.5 Å². The minimum Gasteiger partial charge on any atom is -0.455 e. The van der Waals surface area contributed by atoms with Crippen LogP contribution in [0.4, 0.5) is 0 Å². The zero-order valence-corrected chi connectivity index (χ0v) is 26.4. The maximum atomic E-state index is 14.5. The highest BCUT2D eigenvalue weighted by molar-refractivity contribution is 5.98. The molecule has 0 saturated carbocycles. The van der Waals surface area contributed by atoms with Crippen molar-refractivity contribution in [2.45, 2.75) is 51.7 Å². The Morgan fingerprint density at radius 2 is 1.41 bits per heavy atom. The van der Waals surface area contributed by atoms with Crippen molar-refractivity contribution < 1.29 is 14.3 Å². The van der Waals surface area contributed by atoms with Gasteiger partial charge in [-0.2, -0.15) is 0 Å². The molecule has 1 aliphatic rings. The summed E-state index contributed by atoms with van der Waals surface area (Å²) in [6.07, 6.45) is 3.12. The Hall–Kier alpha value is -5.23. The summed E-state index contributed by atoms with van der Waals surface area (Å²) in [5, 5.41) is 1.11. The van der Waals surface area contributed by atoms with E-state index in [2.05, 4.69) is 90.4 Å². The van der Waals surface area contributed by atoms with Gasteiger partial charge in [0.05, 0.1) is 17.8 Å². The Labute approximate surface area is 269 Å². The van der Waals surface area contributed by atoms with E-state index in [4.69, 9.17) is 9.72 Å². The second-order valence-corrected chi connectivity index (χ2v) is 12.0. The van der Waals surface area contributed by atoms with E-state index in [1.165, 1.54) is 12.5 Å². The van der Waals surface area contributed by atoms with Crippen molar-refractivity contribution in [2.75, 3.05) is 0 Å². The standard InChI is InChI=1S/C40H37N3O3/c1-4-32-33-22-14-15-23-35(33)43-36(32)25-24-34(39(43)45)38(46-28(3)44)37-27(2)42(26-41-37)40(29-16-8-5-9-17-29,30-18-10-6-11-19-30)31-20-12-7-13-21-31/h5-23,26,34,38H,4,24-25H2,1-3H3. The molecule has 7 rings (SSSR count). The highest BCUT2D eigenvalue weighted by Crippen LogP contribution is 2.44. The molecule has 0 fully saturated rings. The molecule has 0 bridgehead atoms. The maximum Gasteiger partial charge on any atom is 0.303 e. The van der Waals surface area contributed by atoms with Crippen LogP contribution in [-0.4, -0.2) is 26.0 Å². The number of esters is 1. The van der Waals surface area contributed by atoms with Gasteiger partial charge in [-0.05, 0) is 54.5 Å². The zero-order chi connectivity index (χ0) is 31.8. The van der Waals surface area contributed by atoms with E-state index in [0.717, 1.165) is 45.4 Å². The van der Waals surface area contributed by atoms with Gasteiger partial charge < -0.3 is 9.30 Å². The van der Waals surface area contributed by atoms with Crippen LogP contribution < -0.4 is 0 Å². The van der Waals surface area contributed by atoms with Gasteiger partial charge in [0.25, 0.3) is 0 Å². The minimum atomic E-state index is -0.842. The molecule has 0 saturated heterocycles. The molecular formula is C40H37N3O3. The molecule has 230 valence electrons. The molecule has 2 unspecified atom stereocenters. The third-order valence-electron chi connectivity index (χ3n) is 9.58. The lowest BCUT2D eigenvalue weighted by Gasteiger charge is -2.38. The molecule has 3 heterocycles. The van der Waals surface area contributed by atoms with Crippen LogP contribution in [0.3, 0.4) is 0 Å². The van der Waals surface area contributed by atoms with Crippen LogP contribution in [0, 0.1) is 12.8 Å². The number of carbonyl (C=O) groups excluding carboxylic acids is 2. The van der Waals surface area contributed by atoms with Gasteiger partial charge in [-0.1, -0.05) is 116 Å². The van der Waals surface area contributed by atoms with Crippen LogP contribution in [-0.2, 0) is 27.9 Å². The number of ether oxygens (including phenoxy) is 1. The summed E-state index contributed by atoms with van der Waals surface area (Å²) in [6, 6.07) is 39.3. The van der Waals surface area contributed by atoms with Crippen LogP contribution in [0.5, 0.6) is 0 Å². The summed E-state index contributed by atoms with van der Waals surface area (Å²) in [5.74, 6) is -1.08. The summed E-state index contributed by atoms with van der Waals surface area (Å²) in [6.45, 7) is 5.55. The molecule has 4 aromatic carbocycles. The third-order valence-corrected chi connectivity index (χ3v) is 9.58. The summed E-state index contributed by atoms with van der Waals surface area (Å²) < 4.78 is 10.1. The lowest BCUT2D eigenvalue weighted by atomic mass is 9.76. The molecule has 6 nitrogen and oxygen atoms in total. The fourth-order valence-electron chi connectivity index (χ4n) is 7.63. The van der Waals surface area contributed by atoms with Crippen LogP contribution in [0.25, 0.3) is 10.9 Å². The summed E-state index contributed by atoms with van der Waals surface area (Å²) in [5.41, 5.74) is 7.01. The quantitative estimate of drug-likeness (QED) is 0.130. The van der Waals surface area contributed by atoms with Crippen molar-refractivity contribution in [3.63, 3.8) is 0 Å². The molecule has 1 aliphatic heterocycles. The predicted octanol–water partition coefficient (Wildman–Crippen LogP) is 8.06. The Balaban J connectivity index is 1.42. The van der Waals surface area contributed by atoms with Crippen molar-refractivity contribution >= 4 is 22.8 Å². The number of benzene rings is 4. The van der Waals surface area contributed by atoms with Gasteiger partial charge in [0.1, 0.15) is 11.2 Å². The van der Waals surface area contributed by atoms with E-state index in [-0.39, 0.29) is 5.91 Å². The van der Waals surface area contributed by atoms with Crippen molar-refractivity contribution in [3.8, 4) is 0 Å². The third kappa shape index (κ3) is 4.59. The fourth-order valence-corrected chi connectivity index (χ4v) is 7.63. The smallest absolute Gasteiger partial charge is 0.303 e. The van der Waals surface area contributed by atoms with Crippen LogP contribution in [0.1, 0.15) is 70.5 Å². The number of nitrogens with zero attached hydrogens (tertiary/aromatic N) is 3. The van der Waals surface area contributed by atoms with Gasteiger partial charge in [-0.3, -0.25) is 14.2 Å². The number of para-hydroxylation sites is 1. The van der Waals surface area contributed by atoms with E-state index in [9.17, 15) is 9.59 Å². The SMILES string of the molecule is CCc1c2n(c3ccccc13)C(=O)C(C(OC(C)=O)c1ncn(C(c3ccccc3)(c3ccccc3)c3ccccc3)c1C)CC2. The van der Waals surface area contributed by atoms with Gasteiger partial charge in [0.2, 0.25) is 5.91 Å². The molecule has 0 spiro atoms. The molecule has 6 aromatic rings. The number of carbonyl (C=O) groups is 2. The largest absolute Gasteiger partial charge is 0.455 e. The summed E-state index contributed by atoms with van der Waals surface area (Å²) in [7, 11) is 0. The molecular weight excluding hydrogens is 570 g/mol. The highest BCUT2D eigenvalue weighted by atomic mass is 16.5. The Kier molecular flexibility index (Phi) is 7.65. The van der Waals surface area contributed by atoms with E-state index in [1.54, 1.807) is 0 Å². The van der Waals surface area contributed by atoms with Gasteiger partial charge in [0, 0.05) is 23.7 Å². The summed E-state index contributed by atoms with van der Waals surface area (Å²) >= 11 is 0. The lowest BCUT2D eigenvalue weighted by Crippen LogP contribution is -2.38. The van der Waals surface area contributed by atoms with Gasteiger partial charge in [0.15, 0.2) is 6.10 Å². The maximum absolute atomic E-state index is 14.5. The molecule has 6 heteroatoms. The van der Waals surface area contributed by atoms with Crippen molar-refractivity contribution in [2.24, 2.45) is 5.92 Å². The Morgan fingerprint density at radius 3 is 1.96 bits per heavy atom. The Morgan fingerprint density at radius 1 is 0.870 bits per heavy atom. The number of imidazole rings is 1. The molecule has 0 N–H and O–H groups in total. The van der Waals surface area contributed by atoms with E-state index >= 15 is 0 Å². The highest BCUT2D eigenvalue weighted by Gasteiger charge is 2.44. The molecule has 2 aromatic heterocycles. The van der Waals surface area contributed by atoms with Crippen LogP contribution in [0.2, 0.25) is 0 Å².